The molecule has 0 aliphatic carbocycles. The average Bonchev–Trinajstić information content (AvgIpc) is 3.00. The quantitative estimate of drug-likeness (QED) is 0.303. The Hall–Kier alpha value is 0.270. The van der Waals surface area contributed by atoms with Crippen molar-refractivity contribution in [2.75, 3.05) is 44.2 Å². The maximum Gasteiger partial charge on any atom is 0.191 e. The highest BCUT2D eigenvalue weighted by molar-refractivity contribution is 14.0. The highest BCUT2D eigenvalue weighted by atomic mass is 127. The van der Waals surface area contributed by atoms with Crippen LogP contribution in [0.15, 0.2) is 4.99 Å². The third-order valence-corrected chi connectivity index (χ3v) is 6.10. The number of nitrogens with zero attached hydrogens (tertiary/aromatic N) is 2. The summed E-state index contributed by atoms with van der Waals surface area (Å²) in [6.07, 6.45) is 6.15. The number of aliphatic hydroxyl groups is 1. The van der Waals surface area contributed by atoms with E-state index in [1.807, 2.05) is 11.8 Å². The minimum Gasteiger partial charge on any atom is -0.387 e. The number of halogens is 1. The molecule has 0 bridgehead atoms. The normalized spacial score (nSPS) is 28.5. The number of hydrogen-bond acceptors (Lipinski definition) is 4. The standard InChI is InChI=1S/C17H34N4OS.HI/c1-3-15-7-5-6-10-21(15)11-9-19-16(18-4-2)20-13-17(22)8-12-23-14-17;/h15,22H,3-14H2,1-2H3,(H2,18,19,20);1H. The summed E-state index contributed by atoms with van der Waals surface area (Å²) in [5.74, 6) is 2.69. The fraction of sp³-hybridized carbons (Fsp3) is 0.941. The predicted octanol–water partition coefficient (Wildman–Crippen LogP) is 2.29. The lowest BCUT2D eigenvalue weighted by Crippen LogP contribution is -2.46. The van der Waals surface area contributed by atoms with Crippen LogP contribution in [0.5, 0.6) is 0 Å². The zero-order valence-electron chi connectivity index (χ0n) is 15.2. The van der Waals surface area contributed by atoms with Gasteiger partial charge in [0.1, 0.15) is 0 Å². The molecule has 7 heteroatoms. The summed E-state index contributed by atoms with van der Waals surface area (Å²) in [5.41, 5.74) is -0.604. The van der Waals surface area contributed by atoms with Crippen LogP contribution in [-0.4, -0.2) is 71.8 Å². The van der Waals surface area contributed by atoms with Crippen molar-refractivity contribution in [3.8, 4) is 0 Å². The third-order valence-electron chi connectivity index (χ3n) is 4.87. The first-order chi connectivity index (χ1) is 11.2. The van der Waals surface area contributed by atoms with E-state index in [2.05, 4.69) is 34.4 Å². The number of likely N-dealkylation sites (tertiary alicyclic amines) is 1. The SMILES string of the molecule is CCNC(=NCC1(O)CCSC1)NCCN1CCCCC1CC.I. The molecule has 0 amide bonds. The van der Waals surface area contributed by atoms with Gasteiger partial charge in [0.05, 0.1) is 12.1 Å². The largest absolute Gasteiger partial charge is 0.387 e. The molecule has 5 nitrogen and oxygen atoms in total. The van der Waals surface area contributed by atoms with E-state index in [-0.39, 0.29) is 24.0 Å². The van der Waals surface area contributed by atoms with E-state index in [4.69, 9.17) is 0 Å². The fourth-order valence-electron chi connectivity index (χ4n) is 3.42. The molecule has 2 rings (SSSR count). The monoisotopic (exact) mass is 470 g/mol. The van der Waals surface area contributed by atoms with E-state index < -0.39 is 5.60 Å². The molecule has 2 unspecified atom stereocenters. The lowest BCUT2D eigenvalue weighted by Gasteiger charge is -2.35. The number of rotatable bonds is 7. The molecule has 2 heterocycles. The van der Waals surface area contributed by atoms with Gasteiger partial charge in [-0.2, -0.15) is 11.8 Å². The molecular weight excluding hydrogens is 435 g/mol. The molecule has 0 saturated carbocycles. The van der Waals surface area contributed by atoms with Gasteiger partial charge in [-0.1, -0.05) is 13.3 Å². The minimum atomic E-state index is -0.604. The van der Waals surface area contributed by atoms with Gasteiger partial charge >= 0.3 is 0 Å². The van der Waals surface area contributed by atoms with Gasteiger partial charge in [0.2, 0.25) is 0 Å². The fourth-order valence-corrected chi connectivity index (χ4v) is 4.71. The van der Waals surface area contributed by atoms with Crippen molar-refractivity contribution in [1.82, 2.24) is 15.5 Å². The number of piperidine rings is 1. The van der Waals surface area contributed by atoms with Gasteiger partial charge in [-0.15, -0.1) is 24.0 Å². The van der Waals surface area contributed by atoms with Crippen LogP contribution < -0.4 is 10.6 Å². The maximum atomic E-state index is 10.4. The van der Waals surface area contributed by atoms with Gasteiger partial charge in [-0.05, 0) is 44.9 Å². The molecule has 0 aromatic carbocycles. The zero-order valence-corrected chi connectivity index (χ0v) is 18.4. The van der Waals surface area contributed by atoms with Crippen LogP contribution in [0.2, 0.25) is 0 Å². The molecule has 142 valence electrons. The summed E-state index contributed by atoms with van der Waals surface area (Å²) in [6, 6.07) is 0.751. The molecule has 24 heavy (non-hydrogen) atoms. The number of nitrogens with one attached hydrogen (secondary N) is 2. The summed E-state index contributed by atoms with van der Waals surface area (Å²) in [5, 5.41) is 17.1. The van der Waals surface area contributed by atoms with Gasteiger partial charge in [0.15, 0.2) is 5.96 Å². The smallest absolute Gasteiger partial charge is 0.191 e. The third kappa shape index (κ3) is 7.25. The van der Waals surface area contributed by atoms with Crippen LogP contribution >= 0.6 is 35.7 Å². The van der Waals surface area contributed by atoms with Crippen molar-refractivity contribution in [2.24, 2.45) is 4.99 Å². The van der Waals surface area contributed by atoms with E-state index in [0.29, 0.717) is 6.54 Å². The second-order valence-corrected chi connectivity index (χ2v) is 7.85. The van der Waals surface area contributed by atoms with Crippen molar-refractivity contribution < 1.29 is 5.11 Å². The van der Waals surface area contributed by atoms with Crippen LogP contribution in [0.25, 0.3) is 0 Å². The molecule has 2 atom stereocenters. The Labute approximate surface area is 168 Å². The second-order valence-electron chi connectivity index (χ2n) is 6.74. The molecule has 2 aliphatic rings. The molecular formula is C17H35IN4OS. The van der Waals surface area contributed by atoms with Crippen LogP contribution in [0.3, 0.4) is 0 Å². The lowest BCUT2D eigenvalue weighted by atomic mass is 10.0. The molecule has 2 saturated heterocycles. The second kappa shape index (κ2) is 11.8. The zero-order chi connectivity index (χ0) is 16.5. The molecule has 3 N–H and O–H groups in total. The predicted molar refractivity (Wildman–Crippen MR) is 116 cm³/mol. The summed E-state index contributed by atoms with van der Waals surface area (Å²) < 4.78 is 0. The highest BCUT2D eigenvalue weighted by Gasteiger charge is 2.31. The van der Waals surface area contributed by atoms with E-state index in [9.17, 15) is 5.11 Å². The van der Waals surface area contributed by atoms with Gasteiger partial charge in [-0.3, -0.25) is 9.89 Å². The lowest BCUT2D eigenvalue weighted by molar-refractivity contribution is 0.0778. The summed E-state index contributed by atoms with van der Waals surface area (Å²) >= 11 is 1.82. The van der Waals surface area contributed by atoms with Crippen LogP contribution in [0, 0.1) is 0 Å². The Morgan fingerprint density at radius 1 is 1.33 bits per heavy atom. The first-order valence-corrected chi connectivity index (χ1v) is 10.4. The molecule has 0 aromatic rings. The molecule has 0 aromatic heterocycles. The van der Waals surface area contributed by atoms with Crippen molar-refractivity contribution in [3.63, 3.8) is 0 Å². The topological polar surface area (TPSA) is 59.9 Å². The summed E-state index contributed by atoms with van der Waals surface area (Å²) in [6.45, 7) is 8.93. The molecule has 0 radical (unpaired) electrons. The molecule has 2 fully saturated rings. The van der Waals surface area contributed by atoms with Crippen LogP contribution in [-0.2, 0) is 0 Å². The minimum absolute atomic E-state index is 0. The summed E-state index contributed by atoms with van der Waals surface area (Å²) in [4.78, 5) is 7.21. The number of aliphatic imine (C=N–C) groups is 1. The molecule has 0 spiro atoms. The Morgan fingerprint density at radius 2 is 2.17 bits per heavy atom. The summed E-state index contributed by atoms with van der Waals surface area (Å²) in [7, 11) is 0. The maximum absolute atomic E-state index is 10.4. The van der Waals surface area contributed by atoms with Crippen molar-refractivity contribution in [3.05, 3.63) is 0 Å². The van der Waals surface area contributed by atoms with Crippen molar-refractivity contribution in [1.29, 1.82) is 0 Å². The molecule has 2 aliphatic heterocycles. The number of guanidine groups is 1. The van der Waals surface area contributed by atoms with Crippen LogP contribution in [0.1, 0.15) is 46.0 Å². The number of thioether (sulfide) groups is 1. The van der Waals surface area contributed by atoms with Gasteiger partial charge in [-0.25, -0.2) is 0 Å². The average molecular weight is 470 g/mol. The highest BCUT2D eigenvalue weighted by Crippen LogP contribution is 2.27. The first-order valence-electron chi connectivity index (χ1n) is 9.23. The first kappa shape index (κ1) is 22.3. The number of hydrogen-bond donors (Lipinski definition) is 3. The van der Waals surface area contributed by atoms with Gasteiger partial charge in [0, 0.05) is 31.4 Å². The van der Waals surface area contributed by atoms with E-state index >= 15 is 0 Å². The van der Waals surface area contributed by atoms with Crippen LogP contribution in [0.4, 0.5) is 0 Å². The van der Waals surface area contributed by atoms with Crippen molar-refractivity contribution in [2.45, 2.75) is 57.6 Å². The Balaban J connectivity index is 0.00000288. The Kier molecular flexibility index (Phi) is 11.0. The van der Waals surface area contributed by atoms with E-state index in [1.165, 1.54) is 32.2 Å². The van der Waals surface area contributed by atoms with E-state index in [1.54, 1.807) is 0 Å². The van der Waals surface area contributed by atoms with Gasteiger partial charge < -0.3 is 15.7 Å². The van der Waals surface area contributed by atoms with Gasteiger partial charge in [0.25, 0.3) is 0 Å². The van der Waals surface area contributed by atoms with Crippen molar-refractivity contribution >= 4 is 41.7 Å². The van der Waals surface area contributed by atoms with E-state index in [0.717, 1.165) is 49.6 Å². The Morgan fingerprint density at radius 3 is 2.83 bits per heavy atom. The Bertz CT molecular complexity index is 378.